The van der Waals surface area contributed by atoms with E-state index in [1.165, 1.54) is 0 Å². The molecule has 3 aliphatic carbocycles. The quantitative estimate of drug-likeness (QED) is 0.376. The van der Waals surface area contributed by atoms with Crippen molar-refractivity contribution in [3.63, 3.8) is 0 Å². The summed E-state index contributed by atoms with van der Waals surface area (Å²) in [4.78, 5) is 6.19. The molecule has 2 aromatic carbocycles. The number of hydrogen-bond donors (Lipinski definition) is 3. The van der Waals surface area contributed by atoms with Gasteiger partial charge in [-0.3, -0.25) is 4.90 Å². The number of aliphatic hydroxyl groups excluding tert-OH is 1. The summed E-state index contributed by atoms with van der Waals surface area (Å²) in [6, 6.07) is 16.2. The molecule has 1 spiro atoms. The second kappa shape index (κ2) is 7.56. The fourth-order valence-electron chi connectivity index (χ4n) is 9.21. The average molecular weight is 527 g/mol. The Labute approximate surface area is 227 Å². The second-order valence-electron chi connectivity index (χ2n) is 11.8. The van der Waals surface area contributed by atoms with Crippen LogP contribution in [-0.4, -0.2) is 44.8 Å². The maximum absolute atomic E-state index is 13.3. The molecule has 3 fully saturated rings. The first kappa shape index (κ1) is 22.9. The molecule has 3 aromatic rings. The van der Waals surface area contributed by atoms with Gasteiger partial charge in [0.25, 0.3) is 0 Å². The normalized spacial score (nSPS) is 36.6. The van der Waals surface area contributed by atoms with E-state index in [0.717, 1.165) is 53.7 Å². The molecule has 0 radical (unpaired) electrons. The molecule has 2 saturated heterocycles. The van der Waals surface area contributed by atoms with Crippen LogP contribution in [0.15, 0.2) is 84.9 Å². The third kappa shape index (κ3) is 2.51. The molecule has 3 unspecified atom stereocenters. The van der Waals surface area contributed by atoms with Crippen LogP contribution < -0.4 is 0 Å². The molecule has 194 valence electrons. The monoisotopic (exact) mass is 526 g/mol. The van der Waals surface area contributed by atoms with E-state index in [9.17, 15) is 10.2 Å². The van der Waals surface area contributed by atoms with E-state index in [-0.39, 0.29) is 23.6 Å². The molecule has 38 heavy (non-hydrogen) atoms. The Morgan fingerprint density at radius 3 is 2.84 bits per heavy atom. The molecule has 3 heterocycles. The minimum atomic E-state index is -1.07. The van der Waals surface area contributed by atoms with Gasteiger partial charge in [0.15, 0.2) is 11.4 Å². The van der Waals surface area contributed by atoms with Gasteiger partial charge < -0.3 is 19.9 Å². The average Bonchev–Trinajstić information content (AvgIpc) is 3.42. The number of hydrogen-bond acceptors (Lipinski definition) is 4. The number of nitrogens with one attached hydrogen (secondary N) is 1. The lowest BCUT2D eigenvalue weighted by molar-refractivity contribution is -0.269. The van der Waals surface area contributed by atoms with Crippen molar-refractivity contribution in [1.82, 2.24) is 9.88 Å². The minimum Gasteiger partial charge on any atom is -0.504 e. The molecule has 3 N–H and O–H groups in total. The van der Waals surface area contributed by atoms with Gasteiger partial charge in [-0.05, 0) is 54.6 Å². The van der Waals surface area contributed by atoms with Crippen LogP contribution in [0.2, 0.25) is 5.02 Å². The van der Waals surface area contributed by atoms with Crippen LogP contribution in [0.4, 0.5) is 0 Å². The SMILES string of the molecule is C=CCN1CC[C@@]23C4C5=C(O)C=CC4CC1[C@]2(O)Cc1c([nH]c2ccccc12)[C@]3(Cc1ccccc1Cl)O5. The molecule has 0 amide bonds. The highest BCUT2D eigenvalue weighted by atomic mass is 35.5. The molecule has 1 saturated carbocycles. The molecule has 1 aromatic heterocycles. The summed E-state index contributed by atoms with van der Waals surface area (Å²) >= 11 is 6.81. The number of H-pyrrole nitrogens is 1. The Balaban J connectivity index is 1.48. The molecule has 5 nitrogen and oxygen atoms in total. The highest BCUT2D eigenvalue weighted by Gasteiger charge is 2.82. The van der Waals surface area contributed by atoms with Crippen molar-refractivity contribution in [2.45, 2.75) is 42.9 Å². The van der Waals surface area contributed by atoms with Gasteiger partial charge in [-0.25, -0.2) is 0 Å². The van der Waals surface area contributed by atoms with Gasteiger partial charge in [-0.15, -0.1) is 6.58 Å². The lowest BCUT2D eigenvalue weighted by Crippen LogP contribution is -2.78. The first-order valence-electron chi connectivity index (χ1n) is 13.6. The number of aromatic nitrogens is 1. The first-order valence-corrected chi connectivity index (χ1v) is 14.0. The number of halogens is 1. The molecule has 2 bridgehead atoms. The summed E-state index contributed by atoms with van der Waals surface area (Å²) in [5.74, 6) is 0.866. The maximum atomic E-state index is 13.3. The summed E-state index contributed by atoms with van der Waals surface area (Å²) in [5.41, 5.74) is 1.52. The summed E-state index contributed by atoms with van der Waals surface area (Å²) in [5, 5.41) is 26.3. The predicted octanol–water partition coefficient (Wildman–Crippen LogP) is 5.80. The number of likely N-dealkylation sites (tertiary alicyclic amines) is 1. The van der Waals surface area contributed by atoms with Gasteiger partial charge in [0.05, 0.1) is 16.7 Å². The number of allylic oxidation sites excluding steroid dienone is 3. The van der Waals surface area contributed by atoms with Gasteiger partial charge in [0.1, 0.15) is 5.76 Å². The number of fused-ring (bicyclic) bond motifs is 4. The first-order chi connectivity index (χ1) is 18.4. The minimum absolute atomic E-state index is 0.0595. The van der Waals surface area contributed by atoms with Crippen molar-refractivity contribution >= 4 is 22.5 Å². The summed E-state index contributed by atoms with van der Waals surface area (Å²) in [7, 11) is 0. The summed E-state index contributed by atoms with van der Waals surface area (Å²) in [6.07, 6.45) is 8.50. The van der Waals surface area contributed by atoms with Gasteiger partial charge in [0.2, 0.25) is 0 Å². The number of ether oxygens (including phenoxy) is 1. The van der Waals surface area contributed by atoms with Crippen LogP contribution in [0.25, 0.3) is 10.9 Å². The highest BCUT2D eigenvalue weighted by molar-refractivity contribution is 6.31. The largest absolute Gasteiger partial charge is 0.504 e. The van der Waals surface area contributed by atoms with Crippen LogP contribution in [0.3, 0.4) is 0 Å². The van der Waals surface area contributed by atoms with Gasteiger partial charge in [0, 0.05) is 47.3 Å². The van der Waals surface area contributed by atoms with Crippen LogP contribution in [-0.2, 0) is 23.2 Å². The number of piperidine rings is 1. The van der Waals surface area contributed by atoms with Crippen LogP contribution in [0.5, 0.6) is 0 Å². The Hall–Kier alpha value is -2.99. The van der Waals surface area contributed by atoms with Crippen molar-refractivity contribution < 1.29 is 14.9 Å². The number of aromatic amines is 1. The van der Waals surface area contributed by atoms with E-state index in [4.69, 9.17) is 16.3 Å². The van der Waals surface area contributed by atoms with E-state index in [1.54, 1.807) is 6.08 Å². The van der Waals surface area contributed by atoms with E-state index in [2.05, 4.69) is 46.8 Å². The number of nitrogens with zero attached hydrogens (tertiary/aromatic N) is 1. The molecule has 6 heteroatoms. The fraction of sp³-hybridized carbons (Fsp3) is 0.375. The predicted molar refractivity (Wildman–Crippen MR) is 148 cm³/mol. The lowest BCUT2D eigenvalue weighted by Gasteiger charge is -2.68. The standard InChI is InChI=1S/C32H31ClN2O3/c1-2-14-35-15-13-30-27-19-11-12-25(36)28(27)38-32(30,17-20-7-3-5-9-23(20)33)29-22(18-31(30,37)26(35)16-19)21-8-4-6-10-24(21)34-29/h2-12,19,26-27,34,36-37H,1,13-18H2/t19?,26?,27?,30-,31-,32+/m1/s1. The van der Waals surface area contributed by atoms with Crippen LogP contribution >= 0.6 is 11.6 Å². The van der Waals surface area contributed by atoms with E-state index < -0.39 is 16.6 Å². The zero-order valence-electron chi connectivity index (χ0n) is 21.2. The summed E-state index contributed by atoms with van der Waals surface area (Å²) < 4.78 is 7.19. The van der Waals surface area contributed by atoms with E-state index in [1.807, 2.05) is 30.3 Å². The molecular formula is C32H31ClN2O3. The Kier molecular flexibility index (Phi) is 4.57. The van der Waals surface area contributed by atoms with Gasteiger partial charge in [-0.2, -0.15) is 0 Å². The number of rotatable bonds is 4. The van der Waals surface area contributed by atoms with E-state index in [0.29, 0.717) is 23.6 Å². The van der Waals surface area contributed by atoms with Gasteiger partial charge in [-0.1, -0.05) is 60.2 Å². The maximum Gasteiger partial charge on any atom is 0.162 e. The van der Waals surface area contributed by atoms with Crippen molar-refractivity contribution in [1.29, 1.82) is 0 Å². The molecule has 8 rings (SSSR count). The molecule has 5 aliphatic rings. The van der Waals surface area contributed by atoms with Crippen LogP contribution in [0, 0.1) is 17.3 Å². The number of aliphatic hydroxyl groups is 2. The smallest absolute Gasteiger partial charge is 0.162 e. The Morgan fingerprint density at radius 1 is 1.18 bits per heavy atom. The molecular weight excluding hydrogens is 496 g/mol. The fourth-order valence-corrected chi connectivity index (χ4v) is 9.41. The zero-order valence-corrected chi connectivity index (χ0v) is 21.9. The van der Waals surface area contributed by atoms with Crippen LogP contribution in [0.1, 0.15) is 29.7 Å². The van der Waals surface area contributed by atoms with Crippen molar-refractivity contribution in [3.8, 4) is 0 Å². The lowest BCUT2D eigenvalue weighted by atomic mass is 9.40. The Bertz CT molecular complexity index is 1570. The van der Waals surface area contributed by atoms with Crippen molar-refractivity contribution in [2.75, 3.05) is 13.1 Å². The third-order valence-corrected chi connectivity index (χ3v) is 10.8. The third-order valence-electron chi connectivity index (χ3n) is 10.5. The number of para-hydroxylation sites is 1. The summed E-state index contributed by atoms with van der Waals surface area (Å²) in [6.45, 7) is 5.60. The van der Waals surface area contributed by atoms with E-state index >= 15 is 0 Å². The topological polar surface area (TPSA) is 68.7 Å². The zero-order chi connectivity index (χ0) is 25.9. The second-order valence-corrected chi connectivity index (χ2v) is 12.2. The van der Waals surface area contributed by atoms with Crippen molar-refractivity contribution in [2.24, 2.45) is 17.3 Å². The highest BCUT2D eigenvalue weighted by Crippen LogP contribution is 2.76. The molecule has 2 aliphatic heterocycles. The number of benzene rings is 2. The van der Waals surface area contributed by atoms with Crippen molar-refractivity contribution in [3.05, 3.63) is 107 Å². The Morgan fingerprint density at radius 2 is 2.00 bits per heavy atom. The van der Waals surface area contributed by atoms with Gasteiger partial charge >= 0.3 is 0 Å². The molecule has 6 atom stereocenters.